The summed E-state index contributed by atoms with van der Waals surface area (Å²) in [7, 11) is 1.54. The number of nitrogens with one attached hydrogen (secondary N) is 2. The number of halogens is 1. The fraction of sp³-hybridized carbons (Fsp3) is 0.417. The molecule has 0 spiro atoms. The van der Waals surface area contributed by atoms with Crippen LogP contribution in [-0.4, -0.2) is 25.6 Å². The fourth-order valence-electron chi connectivity index (χ4n) is 1.97. The van der Waals surface area contributed by atoms with Crippen molar-refractivity contribution in [1.29, 1.82) is 0 Å². The Kier molecular flexibility index (Phi) is 3.28. The average molecular weight is 238 g/mol. The third-order valence-corrected chi connectivity index (χ3v) is 2.89. The molecule has 0 saturated carbocycles. The van der Waals surface area contributed by atoms with Crippen LogP contribution in [0.25, 0.3) is 0 Å². The van der Waals surface area contributed by atoms with Gasteiger partial charge in [-0.25, -0.2) is 4.39 Å². The zero-order valence-corrected chi connectivity index (χ0v) is 9.79. The van der Waals surface area contributed by atoms with Gasteiger partial charge in [0.2, 0.25) is 5.91 Å². The standard InChI is InChI=1S/C12H15FN2O2/c1-7-12(16)14-6-10(15-7)9-5-8(13)3-4-11(9)17-2/h3-5,7,10,15H,6H2,1-2H3,(H,14,16). The van der Waals surface area contributed by atoms with E-state index in [0.29, 0.717) is 12.3 Å². The molecule has 2 N–H and O–H groups in total. The molecule has 2 unspecified atom stereocenters. The van der Waals surface area contributed by atoms with Crippen molar-refractivity contribution in [3.63, 3.8) is 0 Å². The van der Waals surface area contributed by atoms with Crippen LogP contribution in [0.1, 0.15) is 18.5 Å². The molecule has 2 atom stereocenters. The normalized spacial score (nSPS) is 24.3. The average Bonchev–Trinajstić information content (AvgIpc) is 2.32. The molecule has 1 aliphatic rings. The van der Waals surface area contributed by atoms with Gasteiger partial charge in [-0.15, -0.1) is 0 Å². The number of carbonyl (C=O) groups is 1. The molecule has 2 rings (SSSR count). The summed E-state index contributed by atoms with van der Waals surface area (Å²) in [5.74, 6) is 0.260. The molecule has 1 saturated heterocycles. The van der Waals surface area contributed by atoms with Gasteiger partial charge >= 0.3 is 0 Å². The highest BCUT2D eigenvalue weighted by molar-refractivity contribution is 5.82. The Hall–Kier alpha value is -1.62. The Morgan fingerprint density at radius 2 is 2.24 bits per heavy atom. The van der Waals surface area contributed by atoms with Gasteiger partial charge in [0.15, 0.2) is 0 Å². The molecule has 1 fully saturated rings. The minimum Gasteiger partial charge on any atom is -0.496 e. The summed E-state index contributed by atoms with van der Waals surface area (Å²) >= 11 is 0. The highest BCUT2D eigenvalue weighted by Gasteiger charge is 2.27. The van der Waals surface area contributed by atoms with Crippen molar-refractivity contribution in [3.8, 4) is 5.75 Å². The minimum absolute atomic E-state index is 0.0448. The summed E-state index contributed by atoms with van der Waals surface area (Å²) in [6.45, 7) is 2.20. The van der Waals surface area contributed by atoms with Gasteiger partial charge in [0.25, 0.3) is 0 Å². The minimum atomic E-state index is -0.313. The maximum atomic E-state index is 13.2. The largest absolute Gasteiger partial charge is 0.496 e. The third kappa shape index (κ3) is 2.39. The molecule has 0 bridgehead atoms. The van der Waals surface area contributed by atoms with E-state index in [0.717, 1.165) is 5.56 Å². The molecular weight excluding hydrogens is 223 g/mol. The van der Waals surface area contributed by atoms with Crippen LogP contribution in [0.5, 0.6) is 5.75 Å². The molecule has 1 amide bonds. The number of hydrogen-bond acceptors (Lipinski definition) is 3. The Bertz CT molecular complexity index is 437. The van der Waals surface area contributed by atoms with Gasteiger partial charge in [0.05, 0.1) is 19.2 Å². The van der Waals surface area contributed by atoms with Crippen LogP contribution in [0.3, 0.4) is 0 Å². The van der Waals surface area contributed by atoms with Crippen LogP contribution in [-0.2, 0) is 4.79 Å². The number of carbonyl (C=O) groups excluding carboxylic acids is 1. The molecule has 0 radical (unpaired) electrons. The topological polar surface area (TPSA) is 50.4 Å². The van der Waals surface area contributed by atoms with Crippen LogP contribution in [0.4, 0.5) is 4.39 Å². The maximum absolute atomic E-state index is 13.2. The third-order valence-electron chi connectivity index (χ3n) is 2.89. The van der Waals surface area contributed by atoms with E-state index in [2.05, 4.69) is 10.6 Å². The number of piperazine rings is 1. The molecular formula is C12H15FN2O2. The summed E-state index contributed by atoms with van der Waals surface area (Å²) in [5, 5.41) is 5.90. The molecule has 1 aliphatic heterocycles. The van der Waals surface area contributed by atoms with Gasteiger partial charge in [0.1, 0.15) is 11.6 Å². The lowest BCUT2D eigenvalue weighted by molar-refractivity contribution is -0.124. The second kappa shape index (κ2) is 4.71. The van der Waals surface area contributed by atoms with Crippen molar-refractivity contribution in [2.45, 2.75) is 19.0 Å². The van der Waals surface area contributed by atoms with Gasteiger partial charge < -0.3 is 10.1 Å². The van der Waals surface area contributed by atoms with Crippen molar-refractivity contribution >= 4 is 5.91 Å². The Balaban J connectivity index is 2.27. The van der Waals surface area contributed by atoms with Crippen molar-refractivity contribution in [2.24, 2.45) is 0 Å². The molecule has 1 aromatic carbocycles. The van der Waals surface area contributed by atoms with Gasteiger partial charge in [-0.3, -0.25) is 10.1 Å². The molecule has 4 nitrogen and oxygen atoms in total. The Labute approximate surface area is 99.2 Å². The zero-order valence-electron chi connectivity index (χ0n) is 9.79. The van der Waals surface area contributed by atoms with Crippen LogP contribution in [0.15, 0.2) is 18.2 Å². The first-order valence-electron chi connectivity index (χ1n) is 5.49. The van der Waals surface area contributed by atoms with E-state index in [1.165, 1.54) is 12.1 Å². The SMILES string of the molecule is COc1ccc(F)cc1C1CNC(=O)C(C)N1. The Morgan fingerprint density at radius 3 is 2.88 bits per heavy atom. The van der Waals surface area contributed by atoms with Gasteiger partial charge in [0, 0.05) is 12.1 Å². The van der Waals surface area contributed by atoms with Crippen LogP contribution in [0.2, 0.25) is 0 Å². The van der Waals surface area contributed by atoms with Gasteiger partial charge in [-0.2, -0.15) is 0 Å². The van der Waals surface area contributed by atoms with E-state index in [9.17, 15) is 9.18 Å². The highest BCUT2D eigenvalue weighted by atomic mass is 19.1. The van der Waals surface area contributed by atoms with E-state index in [1.54, 1.807) is 20.1 Å². The van der Waals surface area contributed by atoms with Crippen molar-refractivity contribution in [1.82, 2.24) is 10.6 Å². The quantitative estimate of drug-likeness (QED) is 0.807. The predicted octanol–water partition coefficient (Wildman–Crippen LogP) is 0.983. The molecule has 1 heterocycles. The number of ether oxygens (including phenoxy) is 1. The van der Waals surface area contributed by atoms with Gasteiger partial charge in [-0.05, 0) is 25.1 Å². The van der Waals surface area contributed by atoms with Gasteiger partial charge in [-0.1, -0.05) is 0 Å². The fourth-order valence-corrected chi connectivity index (χ4v) is 1.97. The van der Waals surface area contributed by atoms with E-state index in [4.69, 9.17) is 4.74 Å². The first-order chi connectivity index (χ1) is 8.11. The van der Waals surface area contributed by atoms with E-state index in [1.807, 2.05) is 0 Å². The summed E-state index contributed by atoms with van der Waals surface area (Å²) in [5.41, 5.74) is 0.722. The summed E-state index contributed by atoms with van der Waals surface area (Å²) < 4.78 is 18.4. The second-order valence-electron chi connectivity index (χ2n) is 4.07. The number of hydrogen-bond donors (Lipinski definition) is 2. The molecule has 17 heavy (non-hydrogen) atoms. The summed E-state index contributed by atoms with van der Waals surface area (Å²) in [6.07, 6.45) is 0. The summed E-state index contributed by atoms with van der Waals surface area (Å²) in [6, 6.07) is 3.96. The molecule has 0 aromatic heterocycles. The van der Waals surface area contributed by atoms with Crippen LogP contribution >= 0.6 is 0 Å². The van der Waals surface area contributed by atoms with E-state index in [-0.39, 0.29) is 23.8 Å². The lowest BCUT2D eigenvalue weighted by atomic mass is 10.0. The first kappa shape index (κ1) is 11.9. The lowest BCUT2D eigenvalue weighted by Gasteiger charge is -2.30. The second-order valence-corrected chi connectivity index (χ2v) is 4.07. The predicted molar refractivity (Wildman–Crippen MR) is 61.3 cm³/mol. The smallest absolute Gasteiger partial charge is 0.236 e. The number of rotatable bonds is 2. The molecule has 92 valence electrons. The van der Waals surface area contributed by atoms with Crippen molar-refractivity contribution in [2.75, 3.05) is 13.7 Å². The number of benzene rings is 1. The summed E-state index contributed by atoms with van der Waals surface area (Å²) in [4.78, 5) is 11.3. The van der Waals surface area contributed by atoms with Crippen LogP contribution < -0.4 is 15.4 Å². The molecule has 5 heteroatoms. The number of amides is 1. The highest BCUT2D eigenvalue weighted by Crippen LogP contribution is 2.27. The Morgan fingerprint density at radius 1 is 1.47 bits per heavy atom. The van der Waals surface area contributed by atoms with E-state index >= 15 is 0 Å². The van der Waals surface area contributed by atoms with Crippen molar-refractivity contribution < 1.29 is 13.9 Å². The molecule has 1 aromatic rings. The van der Waals surface area contributed by atoms with Crippen LogP contribution in [0, 0.1) is 5.82 Å². The number of methoxy groups -OCH3 is 1. The van der Waals surface area contributed by atoms with E-state index < -0.39 is 0 Å². The molecule has 0 aliphatic carbocycles. The maximum Gasteiger partial charge on any atom is 0.236 e. The first-order valence-corrected chi connectivity index (χ1v) is 5.49. The van der Waals surface area contributed by atoms with Crippen molar-refractivity contribution in [3.05, 3.63) is 29.6 Å². The monoisotopic (exact) mass is 238 g/mol. The zero-order chi connectivity index (χ0) is 12.4. The lowest BCUT2D eigenvalue weighted by Crippen LogP contribution is -2.52.